The number of ether oxygens (including phenoxy) is 2. The van der Waals surface area contributed by atoms with E-state index in [4.69, 9.17) is 9.47 Å². The van der Waals surface area contributed by atoms with Crippen LogP contribution < -0.4 is 14.4 Å². The zero-order valence-electron chi connectivity index (χ0n) is 15.2. The highest BCUT2D eigenvalue weighted by atomic mass is 19.4. The van der Waals surface area contributed by atoms with E-state index in [9.17, 15) is 13.2 Å². The Balaban J connectivity index is 2.36. The summed E-state index contributed by atoms with van der Waals surface area (Å²) < 4.78 is 50.3. The molecule has 8 heteroatoms. The fourth-order valence-electron chi connectivity index (χ4n) is 2.13. The van der Waals surface area contributed by atoms with E-state index in [1.807, 2.05) is 20.8 Å². The highest BCUT2D eigenvalue weighted by molar-refractivity contribution is 5.59. The molecule has 2 aromatic rings. The van der Waals surface area contributed by atoms with Gasteiger partial charge in [-0.25, -0.2) is 4.98 Å². The third-order valence-corrected chi connectivity index (χ3v) is 3.42. The maximum absolute atomic E-state index is 13.2. The van der Waals surface area contributed by atoms with Crippen molar-refractivity contribution in [2.45, 2.75) is 26.9 Å². The van der Waals surface area contributed by atoms with E-state index in [-0.39, 0.29) is 18.5 Å². The minimum absolute atomic E-state index is 0.0649. The smallest absolute Gasteiger partial charge is 0.423 e. The van der Waals surface area contributed by atoms with Gasteiger partial charge < -0.3 is 14.4 Å². The molecule has 0 aliphatic carbocycles. The fourth-order valence-corrected chi connectivity index (χ4v) is 2.13. The van der Waals surface area contributed by atoms with Crippen molar-refractivity contribution < 1.29 is 22.6 Å². The number of benzene rings is 1. The van der Waals surface area contributed by atoms with Gasteiger partial charge in [-0.15, -0.1) is 0 Å². The van der Waals surface area contributed by atoms with Gasteiger partial charge in [0.2, 0.25) is 11.8 Å². The summed E-state index contributed by atoms with van der Waals surface area (Å²) in [6, 6.07) is 7.14. The quantitative estimate of drug-likeness (QED) is 0.708. The molecule has 0 spiro atoms. The fraction of sp³-hybridized carbons (Fsp3) is 0.444. The summed E-state index contributed by atoms with van der Waals surface area (Å²) in [7, 11) is 1.67. The van der Waals surface area contributed by atoms with Gasteiger partial charge in [-0.1, -0.05) is 19.9 Å². The molecule has 2 rings (SSSR count). The van der Waals surface area contributed by atoms with Crippen LogP contribution in [0, 0.1) is 5.92 Å². The molecule has 0 saturated heterocycles. The molecule has 0 radical (unpaired) electrons. The van der Waals surface area contributed by atoms with Crippen LogP contribution >= 0.6 is 0 Å². The van der Waals surface area contributed by atoms with Crippen LogP contribution in [0.1, 0.15) is 26.3 Å². The van der Waals surface area contributed by atoms with E-state index < -0.39 is 17.6 Å². The Morgan fingerprint density at radius 3 is 2.54 bits per heavy atom. The summed E-state index contributed by atoms with van der Waals surface area (Å²) in [6.07, 6.45) is -3.83. The number of halogens is 3. The van der Waals surface area contributed by atoms with Crippen molar-refractivity contribution in [2.24, 2.45) is 5.92 Å². The number of alkyl halides is 3. The number of anilines is 2. The van der Waals surface area contributed by atoms with Gasteiger partial charge in [0.25, 0.3) is 0 Å². The van der Waals surface area contributed by atoms with Gasteiger partial charge in [-0.2, -0.15) is 18.2 Å². The predicted octanol–water partition coefficient (Wildman–Crippen LogP) is 4.70. The molecule has 1 heterocycles. The van der Waals surface area contributed by atoms with Crippen LogP contribution in [0.4, 0.5) is 24.8 Å². The second kappa shape index (κ2) is 8.25. The molecule has 1 aromatic heterocycles. The van der Waals surface area contributed by atoms with Crippen LogP contribution in [-0.4, -0.2) is 30.2 Å². The summed E-state index contributed by atoms with van der Waals surface area (Å²) in [5.74, 6) is 0.351. The van der Waals surface area contributed by atoms with Crippen molar-refractivity contribution in [3.63, 3.8) is 0 Å². The molecule has 26 heavy (non-hydrogen) atoms. The lowest BCUT2D eigenvalue weighted by atomic mass is 10.2. The Labute approximate surface area is 150 Å². The van der Waals surface area contributed by atoms with Gasteiger partial charge in [0.15, 0.2) is 0 Å². The Hall–Kier alpha value is -2.51. The molecule has 0 fully saturated rings. The number of hydrogen-bond acceptors (Lipinski definition) is 5. The second-order valence-electron chi connectivity index (χ2n) is 6.08. The lowest BCUT2D eigenvalue weighted by molar-refractivity contribution is -0.139. The minimum Gasteiger partial charge on any atom is -0.494 e. The molecule has 142 valence electrons. The molecule has 0 bridgehead atoms. The van der Waals surface area contributed by atoms with Crippen molar-refractivity contribution >= 4 is 11.6 Å². The number of aromatic nitrogens is 2. The normalized spacial score (nSPS) is 11.5. The van der Waals surface area contributed by atoms with Gasteiger partial charge in [0, 0.05) is 25.0 Å². The monoisotopic (exact) mass is 369 g/mol. The molecule has 5 nitrogen and oxygen atoms in total. The molecular formula is C18H22F3N3O2. The van der Waals surface area contributed by atoms with Gasteiger partial charge in [0.05, 0.1) is 13.2 Å². The lowest BCUT2D eigenvalue weighted by Crippen LogP contribution is -2.18. The maximum atomic E-state index is 13.2. The van der Waals surface area contributed by atoms with Gasteiger partial charge >= 0.3 is 6.18 Å². The molecule has 0 unspecified atom stereocenters. The SMILES string of the molecule is CCOc1cccc(N(C)c2ncc(C(F)(F)F)c(OCC(C)C)n2)c1. The number of hydrogen-bond donors (Lipinski definition) is 0. The number of rotatable bonds is 7. The van der Waals surface area contributed by atoms with Crippen LogP contribution in [0.2, 0.25) is 0 Å². The summed E-state index contributed by atoms with van der Waals surface area (Å²) in [5.41, 5.74) is -0.302. The Bertz CT molecular complexity index is 736. The second-order valence-corrected chi connectivity index (χ2v) is 6.08. The summed E-state index contributed by atoms with van der Waals surface area (Å²) in [6.45, 7) is 6.20. The van der Waals surface area contributed by atoms with E-state index in [1.165, 1.54) is 0 Å². The van der Waals surface area contributed by atoms with Crippen molar-refractivity contribution in [2.75, 3.05) is 25.2 Å². The van der Waals surface area contributed by atoms with E-state index >= 15 is 0 Å². The largest absolute Gasteiger partial charge is 0.494 e. The third-order valence-electron chi connectivity index (χ3n) is 3.42. The predicted molar refractivity (Wildman–Crippen MR) is 93.0 cm³/mol. The average Bonchev–Trinajstić information content (AvgIpc) is 2.58. The Kier molecular flexibility index (Phi) is 6.28. The van der Waals surface area contributed by atoms with Crippen molar-refractivity contribution in [1.29, 1.82) is 0 Å². The standard InChI is InChI=1S/C18H22F3N3O2/c1-5-25-14-8-6-7-13(9-14)24(4)17-22-10-15(18(19,20)21)16(23-17)26-11-12(2)3/h6-10,12H,5,11H2,1-4H3. The number of nitrogens with zero attached hydrogens (tertiary/aromatic N) is 3. The Morgan fingerprint density at radius 1 is 1.19 bits per heavy atom. The van der Waals surface area contributed by atoms with Crippen LogP contribution in [-0.2, 0) is 6.18 Å². The van der Waals surface area contributed by atoms with Crippen molar-refractivity contribution in [1.82, 2.24) is 9.97 Å². The molecule has 0 aliphatic heterocycles. The molecule has 1 aromatic carbocycles. The Morgan fingerprint density at radius 2 is 1.92 bits per heavy atom. The van der Waals surface area contributed by atoms with Crippen LogP contribution in [0.5, 0.6) is 11.6 Å². The van der Waals surface area contributed by atoms with Crippen molar-refractivity contribution in [3.8, 4) is 11.6 Å². The van der Waals surface area contributed by atoms with Gasteiger partial charge in [-0.3, -0.25) is 0 Å². The first-order valence-electron chi connectivity index (χ1n) is 8.26. The van der Waals surface area contributed by atoms with Crippen LogP contribution in [0.3, 0.4) is 0 Å². The van der Waals surface area contributed by atoms with E-state index in [0.717, 1.165) is 6.20 Å². The molecule has 0 saturated carbocycles. The first-order chi connectivity index (χ1) is 12.2. The zero-order chi connectivity index (χ0) is 19.3. The molecule has 0 N–H and O–H groups in total. The topological polar surface area (TPSA) is 47.5 Å². The van der Waals surface area contributed by atoms with E-state index in [2.05, 4.69) is 9.97 Å². The van der Waals surface area contributed by atoms with Crippen molar-refractivity contribution in [3.05, 3.63) is 36.0 Å². The highest BCUT2D eigenvalue weighted by Crippen LogP contribution is 2.36. The summed E-state index contributed by atoms with van der Waals surface area (Å²) >= 11 is 0. The molecular weight excluding hydrogens is 347 g/mol. The van der Waals surface area contributed by atoms with Crippen LogP contribution in [0.25, 0.3) is 0 Å². The summed E-state index contributed by atoms with van der Waals surface area (Å²) in [4.78, 5) is 9.43. The average molecular weight is 369 g/mol. The maximum Gasteiger partial charge on any atom is 0.423 e. The first kappa shape index (κ1) is 19.8. The van der Waals surface area contributed by atoms with Crippen LogP contribution in [0.15, 0.2) is 30.5 Å². The van der Waals surface area contributed by atoms with Gasteiger partial charge in [-0.05, 0) is 25.0 Å². The van der Waals surface area contributed by atoms with E-state index in [1.54, 1.807) is 36.2 Å². The third kappa shape index (κ3) is 5.00. The molecule has 0 amide bonds. The van der Waals surface area contributed by atoms with E-state index in [0.29, 0.717) is 18.0 Å². The summed E-state index contributed by atoms with van der Waals surface area (Å²) in [5, 5.41) is 0. The minimum atomic E-state index is -4.59. The highest BCUT2D eigenvalue weighted by Gasteiger charge is 2.36. The molecule has 0 aliphatic rings. The molecule has 0 atom stereocenters. The van der Waals surface area contributed by atoms with Gasteiger partial charge in [0.1, 0.15) is 11.3 Å². The lowest BCUT2D eigenvalue weighted by Gasteiger charge is -2.20. The first-order valence-corrected chi connectivity index (χ1v) is 8.26. The zero-order valence-corrected chi connectivity index (χ0v) is 15.2.